The molecule has 0 atom stereocenters. The fraction of sp³-hybridized carbons (Fsp3) is 0.385. The standard InChI is InChI=1S/C13H18N2O2S/c1-2-10-7-8-11(14)9-13(10)18(16,17)15-12-5-3-4-6-12/h3-4,7-9,12,15H,2,5-6,14H2,1H3. The number of nitrogen functional groups attached to an aromatic ring is 1. The molecule has 5 heteroatoms. The Morgan fingerprint density at radius 3 is 2.61 bits per heavy atom. The van der Waals surface area contributed by atoms with Crippen LogP contribution < -0.4 is 10.5 Å². The van der Waals surface area contributed by atoms with Crippen LogP contribution in [-0.4, -0.2) is 14.5 Å². The van der Waals surface area contributed by atoms with Crippen LogP contribution in [0.3, 0.4) is 0 Å². The predicted molar refractivity (Wildman–Crippen MR) is 72.7 cm³/mol. The summed E-state index contributed by atoms with van der Waals surface area (Å²) in [6.07, 6.45) is 6.16. The highest BCUT2D eigenvalue weighted by atomic mass is 32.2. The molecule has 0 heterocycles. The molecule has 1 aliphatic rings. The number of nitrogens with two attached hydrogens (primary N) is 1. The van der Waals surface area contributed by atoms with Crippen molar-refractivity contribution in [1.29, 1.82) is 0 Å². The Hall–Kier alpha value is -1.33. The molecule has 0 aromatic heterocycles. The van der Waals surface area contributed by atoms with Gasteiger partial charge in [0.25, 0.3) is 0 Å². The van der Waals surface area contributed by atoms with Gasteiger partial charge in [0.2, 0.25) is 10.0 Å². The molecule has 1 aliphatic carbocycles. The van der Waals surface area contributed by atoms with Crippen molar-refractivity contribution in [2.75, 3.05) is 5.73 Å². The molecule has 18 heavy (non-hydrogen) atoms. The van der Waals surface area contributed by atoms with Crippen LogP contribution in [-0.2, 0) is 16.4 Å². The maximum atomic E-state index is 12.3. The molecule has 0 radical (unpaired) electrons. The van der Waals surface area contributed by atoms with Crippen LogP contribution in [0.4, 0.5) is 5.69 Å². The molecule has 1 aromatic carbocycles. The minimum absolute atomic E-state index is 0.0267. The van der Waals surface area contributed by atoms with E-state index in [0.717, 1.165) is 18.4 Å². The van der Waals surface area contributed by atoms with Gasteiger partial charge < -0.3 is 5.73 Å². The van der Waals surface area contributed by atoms with Gasteiger partial charge in [-0.15, -0.1) is 0 Å². The van der Waals surface area contributed by atoms with Crippen LogP contribution in [0, 0.1) is 0 Å². The highest BCUT2D eigenvalue weighted by Crippen LogP contribution is 2.21. The van der Waals surface area contributed by atoms with Crippen LogP contribution >= 0.6 is 0 Å². The third-order valence-electron chi connectivity index (χ3n) is 3.09. The van der Waals surface area contributed by atoms with Crippen molar-refractivity contribution in [2.45, 2.75) is 37.1 Å². The lowest BCUT2D eigenvalue weighted by atomic mass is 10.1. The van der Waals surface area contributed by atoms with Crippen LogP contribution in [0.15, 0.2) is 35.2 Å². The Kier molecular flexibility index (Phi) is 3.73. The zero-order valence-electron chi connectivity index (χ0n) is 10.4. The Bertz CT molecular complexity index is 556. The lowest BCUT2D eigenvalue weighted by molar-refractivity contribution is 0.556. The molecule has 1 aromatic rings. The zero-order valence-corrected chi connectivity index (χ0v) is 11.2. The fourth-order valence-electron chi connectivity index (χ4n) is 2.11. The number of nitrogens with one attached hydrogen (secondary N) is 1. The first-order valence-electron chi connectivity index (χ1n) is 6.08. The van der Waals surface area contributed by atoms with Crippen molar-refractivity contribution >= 4 is 15.7 Å². The van der Waals surface area contributed by atoms with E-state index in [9.17, 15) is 8.42 Å². The summed E-state index contributed by atoms with van der Waals surface area (Å²) >= 11 is 0. The first-order chi connectivity index (χ1) is 8.53. The largest absolute Gasteiger partial charge is 0.399 e. The number of aryl methyl sites for hydroxylation is 1. The van der Waals surface area contributed by atoms with E-state index >= 15 is 0 Å². The van der Waals surface area contributed by atoms with E-state index in [1.807, 2.05) is 19.1 Å². The summed E-state index contributed by atoms with van der Waals surface area (Å²) < 4.78 is 27.4. The second-order valence-electron chi connectivity index (χ2n) is 4.48. The second kappa shape index (κ2) is 5.12. The van der Waals surface area contributed by atoms with Gasteiger partial charge in [0, 0.05) is 11.7 Å². The lowest BCUT2D eigenvalue weighted by Crippen LogP contribution is -2.33. The van der Waals surface area contributed by atoms with Gasteiger partial charge in [-0.1, -0.05) is 25.1 Å². The first kappa shape index (κ1) is 13.1. The summed E-state index contributed by atoms with van der Waals surface area (Å²) in [6, 6.07) is 5.01. The maximum Gasteiger partial charge on any atom is 0.241 e. The maximum absolute atomic E-state index is 12.3. The molecule has 0 amide bonds. The lowest BCUT2D eigenvalue weighted by Gasteiger charge is -2.15. The first-order valence-corrected chi connectivity index (χ1v) is 7.57. The highest BCUT2D eigenvalue weighted by Gasteiger charge is 2.22. The summed E-state index contributed by atoms with van der Waals surface area (Å²) in [6.45, 7) is 1.93. The van der Waals surface area contributed by atoms with Crippen molar-refractivity contribution in [3.05, 3.63) is 35.9 Å². The molecular weight excluding hydrogens is 248 g/mol. The van der Waals surface area contributed by atoms with Crippen LogP contribution in [0.1, 0.15) is 25.3 Å². The Morgan fingerprint density at radius 1 is 1.33 bits per heavy atom. The average Bonchev–Trinajstić information content (AvgIpc) is 2.81. The summed E-state index contributed by atoms with van der Waals surface area (Å²) in [5, 5.41) is 0. The summed E-state index contributed by atoms with van der Waals surface area (Å²) in [4.78, 5) is 0.303. The molecule has 0 aliphatic heterocycles. The SMILES string of the molecule is CCc1ccc(N)cc1S(=O)(=O)NC1CC=CC1. The van der Waals surface area contributed by atoms with Gasteiger partial charge in [0.1, 0.15) is 0 Å². The number of hydrogen-bond donors (Lipinski definition) is 2. The molecule has 0 spiro atoms. The number of benzene rings is 1. The fourth-order valence-corrected chi connectivity index (χ4v) is 3.72. The average molecular weight is 266 g/mol. The van der Waals surface area contributed by atoms with E-state index < -0.39 is 10.0 Å². The summed E-state index contributed by atoms with van der Waals surface area (Å²) in [5.41, 5.74) is 6.95. The zero-order chi connectivity index (χ0) is 13.2. The van der Waals surface area contributed by atoms with Gasteiger partial charge in [0.05, 0.1) is 4.90 Å². The summed E-state index contributed by atoms with van der Waals surface area (Å²) in [7, 11) is -3.48. The molecule has 98 valence electrons. The van der Waals surface area contributed by atoms with E-state index in [1.165, 1.54) is 6.07 Å². The van der Waals surface area contributed by atoms with Gasteiger partial charge in [-0.2, -0.15) is 0 Å². The quantitative estimate of drug-likeness (QED) is 0.645. The van der Waals surface area contributed by atoms with Crippen molar-refractivity contribution in [3.63, 3.8) is 0 Å². The molecule has 2 rings (SSSR count). The number of hydrogen-bond acceptors (Lipinski definition) is 3. The van der Waals surface area contributed by atoms with Gasteiger partial charge >= 0.3 is 0 Å². The van der Waals surface area contributed by atoms with Crippen LogP contribution in [0.25, 0.3) is 0 Å². The Labute approximate surface area is 108 Å². The molecule has 0 unspecified atom stereocenters. The van der Waals surface area contributed by atoms with Crippen molar-refractivity contribution in [3.8, 4) is 0 Å². The highest BCUT2D eigenvalue weighted by molar-refractivity contribution is 7.89. The third kappa shape index (κ3) is 2.73. The van der Waals surface area contributed by atoms with E-state index in [4.69, 9.17) is 5.73 Å². The minimum atomic E-state index is -3.48. The smallest absolute Gasteiger partial charge is 0.241 e. The molecule has 0 saturated carbocycles. The predicted octanol–water partition coefficient (Wildman–Crippen LogP) is 1.83. The third-order valence-corrected chi connectivity index (χ3v) is 4.69. The van der Waals surface area contributed by atoms with Gasteiger partial charge in [0.15, 0.2) is 0 Å². The van der Waals surface area contributed by atoms with Crippen LogP contribution in [0.2, 0.25) is 0 Å². The molecule has 3 N–H and O–H groups in total. The van der Waals surface area contributed by atoms with E-state index in [1.54, 1.807) is 12.1 Å². The molecule has 0 fully saturated rings. The van der Waals surface area contributed by atoms with Crippen molar-refractivity contribution < 1.29 is 8.42 Å². The van der Waals surface area contributed by atoms with E-state index in [-0.39, 0.29) is 6.04 Å². The number of rotatable bonds is 4. The van der Waals surface area contributed by atoms with E-state index in [2.05, 4.69) is 4.72 Å². The molecule has 0 saturated heterocycles. The van der Waals surface area contributed by atoms with E-state index in [0.29, 0.717) is 17.0 Å². The molecule has 4 nitrogen and oxygen atoms in total. The van der Waals surface area contributed by atoms with Gasteiger partial charge in [-0.3, -0.25) is 0 Å². The van der Waals surface area contributed by atoms with Crippen molar-refractivity contribution in [2.24, 2.45) is 0 Å². The minimum Gasteiger partial charge on any atom is -0.399 e. The molecule has 0 bridgehead atoms. The van der Waals surface area contributed by atoms with Crippen molar-refractivity contribution in [1.82, 2.24) is 4.72 Å². The number of sulfonamides is 1. The van der Waals surface area contributed by atoms with Crippen LogP contribution in [0.5, 0.6) is 0 Å². The number of anilines is 1. The van der Waals surface area contributed by atoms with Gasteiger partial charge in [-0.25, -0.2) is 13.1 Å². The normalized spacial score (nSPS) is 16.3. The Morgan fingerprint density at radius 2 is 2.00 bits per heavy atom. The summed E-state index contributed by atoms with van der Waals surface area (Å²) in [5.74, 6) is 0. The Balaban J connectivity index is 2.31. The monoisotopic (exact) mass is 266 g/mol. The van der Waals surface area contributed by atoms with Gasteiger partial charge in [-0.05, 0) is 37.0 Å². The second-order valence-corrected chi connectivity index (χ2v) is 6.16. The molecular formula is C13H18N2O2S. The topological polar surface area (TPSA) is 72.2 Å².